The average Bonchev–Trinajstić information content (AvgIpc) is 2.97. The standard InChI is InChI=1S/C20H26O5/c1-10-7-20-8-11(10)12(21)6-13(20)19-5-3-4-18(2,17(24)25-9-19)15(19)14(20)16(22)23/h11-15,21H,1,3-9H2,2H3,(H,22,23)/t11-,12-,13+,14-,15-,18-,19-,20+/m1/s1. The van der Waals surface area contributed by atoms with Crippen LogP contribution in [0.5, 0.6) is 0 Å². The number of aliphatic carboxylic acids is 1. The molecule has 0 aromatic heterocycles. The molecule has 5 aliphatic rings. The fraction of sp³-hybridized carbons (Fsp3) is 0.800. The van der Waals surface area contributed by atoms with Gasteiger partial charge in [-0.2, -0.15) is 0 Å². The number of ether oxygens (including phenoxy) is 1. The van der Waals surface area contributed by atoms with Gasteiger partial charge >= 0.3 is 11.9 Å². The molecular weight excluding hydrogens is 320 g/mol. The monoisotopic (exact) mass is 346 g/mol. The first-order valence-electron chi connectivity index (χ1n) is 9.52. The fourth-order valence-corrected chi connectivity index (χ4v) is 8.15. The minimum Gasteiger partial charge on any atom is -0.481 e. The van der Waals surface area contributed by atoms with E-state index in [1.165, 1.54) is 0 Å². The predicted octanol–water partition coefficient (Wildman–Crippen LogP) is 2.38. The molecule has 0 aromatic rings. The molecule has 136 valence electrons. The highest BCUT2D eigenvalue weighted by molar-refractivity contribution is 5.82. The zero-order valence-corrected chi connectivity index (χ0v) is 14.7. The topological polar surface area (TPSA) is 83.8 Å². The van der Waals surface area contributed by atoms with Crippen LogP contribution in [0.1, 0.15) is 45.4 Å². The van der Waals surface area contributed by atoms with Crippen LogP contribution in [0, 0.1) is 39.9 Å². The molecule has 5 heteroatoms. The molecule has 1 spiro atoms. The lowest BCUT2D eigenvalue weighted by Gasteiger charge is -2.55. The van der Waals surface area contributed by atoms with Crippen LogP contribution in [0.4, 0.5) is 0 Å². The Morgan fingerprint density at radius 3 is 2.80 bits per heavy atom. The van der Waals surface area contributed by atoms with Gasteiger partial charge in [-0.15, -0.1) is 0 Å². The summed E-state index contributed by atoms with van der Waals surface area (Å²) in [5.41, 5.74) is -0.364. The second-order valence-electron chi connectivity index (χ2n) is 9.61. The number of esters is 1. The molecule has 0 unspecified atom stereocenters. The summed E-state index contributed by atoms with van der Waals surface area (Å²) in [6.45, 7) is 6.43. The number of rotatable bonds is 1. The lowest BCUT2D eigenvalue weighted by atomic mass is 9.51. The highest BCUT2D eigenvalue weighted by Crippen LogP contribution is 2.78. The number of carboxylic acids is 1. The highest BCUT2D eigenvalue weighted by Gasteiger charge is 2.79. The van der Waals surface area contributed by atoms with Crippen LogP contribution in [0.3, 0.4) is 0 Å². The summed E-state index contributed by atoms with van der Waals surface area (Å²) in [5.74, 6) is -1.60. The molecule has 4 saturated carbocycles. The van der Waals surface area contributed by atoms with Gasteiger partial charge in [0, 0.05) is 11.3 Å². The number of carboxylic acid groups (broad SMARTS) is 1. The van der Waals surface area contributed by atoms with E-state index in [1.807, 2.05) is 6.92 Å². The maximum atomic E-state index is 12.7. The molecule has 2 N–H and O–H groups in total. The molecule has 8 atom stereocenters. The Labute approximate surface area is 147 Å². The van der Waals surface area contributed by atoms with Gasteiger partial charge in [-0.25, -0.2) is 0 Å². The maximum Gasteiger partial charge on any atom is 0.312 e. The van der Waals surface area contributed by atoms with Crippen molar-refractivity contribution in [2.45, 2.75) is 51.6 Å². The lowest BCUT2D eigenvalue weighted by Crippen LogP contribution is -2.58. The van der Waals surface area contributed by atoms with Gasteiger partial charge in [0.1, 0.15) is 0 Å². The zero-order valence-electron chi connectivity index (χ0n) is 14.7. The molecule has 1 aliphatic heterocycles. The van der Waals surface area contributed by atoms with Gasteiger partial charge in [0.25, 0.3) is 0 Å². The lowest BCUT2D eigenvalue weighted by molar-refractivity contribution is -0.201. The molecule has 0 amide bonds. The van der Waals surface area contributed by atoms with Crippen molar-refractivity contribution in [1.29, 1.82) is 0 Å². The van der Waals surface area contributed by atoms with Crippen LogP contribution in [0.15, 0.2) is 12.2 Å². The highest BCUT2D eigenvalue weighted by atomic mass is 16.5. The van der Waals surface area contributed by atoms with Crippen molar-refractivity contribution in [1.82, 2.24) is 0 Å². The molecule has 5 fully saturated rings. The molecule has 5 nitrogen and oxygen atoms in total. The van der Waals surface area contributed by atoms with Crippen LogP contribution >= 0.6 is 0 Å². The van der Waals surface area contributed by atoms with E-state index in [0.717, 1.165) is 18.4 Å². The van der Waals surface area contributed by atoms with Gasteiger partial charge in [0.05, 0.1) is 24.0 Å². The molecule has 25 heavy (non-hydrogen) atoms. The van der Waals surface area contributed by atoms with E-state index in [-0.39, 0.29) is 34.6 Å². The summed E-state index contributed by atoms with van der Waals surface area (Å²) < 4.78 is 5.66. The van der Waals surface area contributed by atoms with Crippen LogP contribution in [0.2, 0.25) is 0 Å². The third kappa shape index (κ3) is 1.56. The van der Waals surface area contributed by atoms with Crippen LogP contribution in [0.25, 0.3) is 0 Å². The van der Waals surface area contributed by atoms with Gasteiger partial charge in [-0.05, 0) is 56.3 Å². The number of aliphatic hydroxyl groups is 1. The Morgan fingerprint density at radius 1 is 1.32 bits per heavy atom. The smallest absolute Gasteiger partial charge is 0.312 e. The molecule has 1 saturated heterocycles. The van der Waals surface area contributed by atoms with Crippen molar-refractivity contribution in [2.24, 2.45) is 39.9 Å². The van der Waals surface area contributed by atoms with E-state index in [4.69, 9.17) is 4.74 Å². The summed E-state index contributed by atoms with van der Waals surface area (Å²) in [6.07, 6.45) is 4.11. The maximum absolute atomic E-state index is 12.7. The molecule has 0 radical (unpaired) electrons. The molecule has 0 aromatic carbocycles. The first kappa shape index (κ1) is 15.9. The van der Waals surface area contributed by atoms with Gasteiger partial charge < -0.3 is 14.9 Å². The Morgan fingerprint density at radius 2 is 2.08 bits per heavy atom. The number of cyclic esters (lactones) is 1. The van der Waals surface area contributed by atoms with Crippen LogP contribution in [-0.2, 0) is 14.3 Å². The first-order valence-corrected chi connectivity index (χ1v) is 9.52. The van der Waals surface area contributed by atoms with Crippen molar-refractivity contribution in [3.8, 4) is 0 Å². The summed E-state index contributed by atoms with van der Waals surface area (Å²) >= 11 is 0. The number of carbonyl (C=O) groups is 2. The Hall–Kier alpha value is -1.36. The molecule has 4 bridgehead atoms. The third-order valence-electron chi connectivity index (χ3n) is 8.81. The fourth-order valence-electron chi connectivity index (χ4n) is 8.15. The van der Waals surface area contributed by atoms with E-state index in [9.17, 15) is 19.8 Å². The number of hydrogen-bond acceptors (Lipinski definition) is 4. The van der Waals surface area contributed by atoms with Gasteiger partial charge in [-0.1, -0.05) is 18.6 Å². The van der Waals surface area contributed by atoms with Gasteiger partial charge in [0.15, 0.2) is 0 Å². The largest absolute Gasteiger partial charge is 0.481 e. The number of hydrogen-bond donors (Lipinski definition) is 2. The Balaban J connectivity index is 1.75. The summed E-state index contributed by atoms with van der Waals surface area (Å²) in [5, 5.41) is 21.0. The number of fused-ring (bicyclic) bond motifs is 1. The summed E-state index contributed by atoms with van der Waals surface area (Å²) in [4.78, 5) is 25.2. The molecule has 4 aliphatic carbocycles. The van der Waals surface area contributed by atoms with Crippen molar-refractivity contribution < 1.29 is 24.5 Å². The number of carbonyl (C=O) groups excluding carboxylic acids is 1. The molecule has 5 rings (SSSR count). The number of aliphatic hydroxyl groups excluding tert-OH is 1. The second kappa shape index (κ2) is 4.48. The van der Waals surface area contributed by atoms with Crippen molar-refractivity contribution in [3.63, 3.8) is 0 Å². The van der Waals surface area contributed by atoms with Gasteiger partial charge in [-0.3, -0.25) is 9.59 Å². The van der Waals surface area contributed by atoms with E-state index in [1.54, 1.807) is 0 Å². The normalized spacial score (nSPS) is 56.2. The second-order valence-corrected chi connectivity index (χ2v) is 9.61. The van der Waals surface area contributed by atoms with Crippen molar-refractivity contribution >= 4 is 11.9 Å². The summed E-state index contributed by atoms with van der Waals surface area (Å²) in [7, 11) is 0. The SMILES string of the molecule is C=C1C[C@]23C[C@H]1[C@H](O)C[C@H]2[C@@]12CCC[C@@](C)(C(=O)OC1)[C@H]2[C@@H]3C(=O)O. The Bertz CT molecular complexity index is 700. The predicted molar refractivity (Wildman–Crippen MR) is 88.4 cm³/mol. The van der Waals surface area contributed by atoms with Crippen molar-refractivity contribution in [2.75, 3.05) is 6.61 Å². The van der Waals surface area contributed by atoms with E-state index >= 15 is 0 Å². The van der Waals surface area contributed by atoms with E-state index in [2.05, 4.69) is 6.58 Å². The van der Waals surface area contributed by atoms with E-state index < -0.39 is 23.4 Å². The first-order chi connectivity index (χ1) is 11.8. The molecule has 1 heterocycles. The zero-order chi connectivity index (χ0) is 17.8. The van der Waals surface area contributed by atoms with E-state index in [0.29, 0.717) is 32.3 Å². The summed E-state index contributed by atoms with van der Waals surface area (Å²) in [6, 6.07) is 0. The van der Waals surface area contributed by atoms with Crippen LogP contribution < -0.4 is 0 Å². The third-order valence-corrected chi connectivity index (χ3v) is 8.81. The Kier molecular flexibility index (Phi) is 2.84. The average molecular weight is 346 g/mol. The quantitative estimate of drug-likeness (QED) is 0.563. The molecular formula is C20H26O5. The van der Waals surface area contributed by atoms with Crippen molar-refractivity contribution in [3.05, 3.63) is 12.2 Å². The van der Waals surface area contributed by atoms with Gasteiger partial charge in [0.2, 0.25) is 0 Å². The minimum absolute atomic E-state index is 0.0129. The van der Waals surface area contributed by atoms with Crippen LogP contribution in [-0.4, -0.2) is 34.9 Å². The minimum atomic E-state index is -0.774.